The Morgan fingerprint density at radius 2 is 1.85 bits per heavy atom. The zero-order valence-corrected chi connectivity index (χ0v) is 18.8. The van der Waals surface area contributed by atoms with Crippen LogP contribution in [0, 0.1) is 6.92 Å². The van der Waals surface area contributed by atoms with Crippen molar-refractivity contribution in [1.82, 2.24) is 20.1 Å². The van der Waals surface area contributed by atoms with Crippen LogP contribution in [0.4, 0.5) is 18.9 Å². The number of anilines is 1. The monoisotopic (exact) mass is 477 g/mol. The lowest BCUT2D eigenvalue weighted by molar-refractivity contribution is -0.137. The van der Waals surface area contributed by atoms with Crippen LogP contribution < -0.4 is 10.6 Å². The van der Waals surface area contributed by atoms with Crippen LogP contribution in [-0.2, 0) is 24.1 Å². The number of halogens is 3. The highest BCUT2D eigenvalue weighted by atomic mass is 32.2. The second kappa shape index (κ2) is 10.5. The quantitative estimate of drug-likeness (QED) is 0.473. The van der Waals surface area contributed by atoms with E-state index in [0.29, 0.717) is 23.1 Å². The topological polar surface area (TPSA) is 88.9 Å². The molecule has 3 aromatic rings. The summed E-state index contributed by atoms with van der Waals surface area (Å²) >= 11 is 1.10. The third kappa shape index (κ3) is 6.58. The fraction of sp³-hybridized carbons (Fsp3) is 0.273. The highest BCUT2D eigenvalue weighted by Crippen LogP contribution is 2.30. The van der Waals surface area contributed by atoms with E-state index in [1.165, 1.54) is 12.1 Å². The van der Waals surface area contributed by atoms with E-state index in [1.807, 2.05) is 19.9 Å². The van der Waals surface area contributed by atoms with E-state index in [1.54, 1.807) is 22.8 Å². The molecule has 1 heterocycles. The summed E-state index contributed by atoms with van der Waals surface area (Å²) in [5.41, 5.74) is 0.739. The minimum Gasteiger partial charge on any atom is -0.345 e. The van der Waals surface area contributed by atoms with Gasteiger partial charge in [0.15, 0.2) is 11.0 Å². The minimum absolute atomic E-state index is 0.0620. The number of hydrogen-bond donors (Lipinski definition) is 2. The molecule has 0 aliphatic rings. The molecule has 0 atom stereocenters. The smallest absolute Gasteiger partial charge is 0.345 e. The van der Waals surface area contributed by atoms with Crippen molar-refractivity contribution in [3.05, 3.63) is 71.0 Å². The van der Waals surface area contributed by atoms with Crippen LogP contribution in [0.2, 0.25) is 0 Å². The first-order chi connectivity index (χ1) is 15.7. The zero-order valence-electron chi connectivity index (χ0n) is 17.9. The van der Waals surface area contributed by atoms with Gasteiger partial charge in [-0.3, -0.25) is 9.59 Å². The van der Waals surface area contributed by atoms with E-state index in [9.17, 15) is 22.8 Å². The summed E-state index contributed by atoms with van der Waals surface area (Å²) in [6.07, 6.45) is -4.49. The molecule has 11 heteroatoms. The predicted molar refractivity (Wildman–Crippen MR) is 119 cm³/mol. The summed E-state index contributed by atoms with van der Waals surface area (Å²) < 4.78 is 40.2. The number of aryl methyl sites for hydroxylation is 1. The molecule has 0 radical (unpaired) electrons. The van der Waals surface area contributed by atoms with Gasteiger partial charge in [-0.2, -0.15) is 13.2 Å². The second-order valence-electron chi connectivity index (χ2n) is 7.11. The number of thioether (sulfide) groups is 1. The van der Waals surface area contributed by atoms with Gasteiger partial charge in [-0.15, -0.1) is 10.2 Å². The van der Waals surface area contributed by atoms with Crippen LogP contribution in [-0.4, -0.2) is 32.3 Å². The number of nitrogens with one attached hydrogen (secondary N) is 2. The summed E-state index contributed by atoms with van der Waals surface area (Å²) in [4.78, 5) is 24.6. The summed E-state index contributed by atoms with van der Waals surface area (Å²) in [7, 11) is 0. The van der Waals surface area contributed by atoms with E-state index in [-0.39, 0.29) is 23.9 Å². The van der Waals surface area contributed by atoms with Gasteiger partial charge in [-0.25, -0.2) is 0 Å². The van der Waals surface area contributed by atoms with Crippen molar-refractivity contribution >= 4 is 29.3 Å². The zero-order chi connectivity index (χ0) is 24.0. The number of alkyl halides is 3. The van der Waals surface area contributed by atoms with Gasteiger partial charge in [0.25, 0.3) is 5.91 Å². The first-order valence-electron chi connectivity index (χ1n) is 10.0. The van der Waals surface area contributed by atoms with Crippen LogP contribution in [0.5, 0.6) is 0 Å². The van der Waals surface area contributed by atoms with Gasteiger partial charge in [0.05, 0.1) is 17.9 Å². The van der Waals surface area contributed by atoms with E-state index in [0.717, 1.165) is 29.5 Å². The number of carbonyl (C=O) groups is 2. The van der Waals surface area contributed by atoms with Crippen molar-refractivity contribution in [2.75, 3.05) is 11.1 Å². The van der Waals surface area contributed by atoms with Crippen LogP contribution in [0.3, 0.4) is 0 Å². The lowest BCUT2D eigenvalue weighted by atomic mass is 10.1. The molecule has 0 fully saturated rings. The van der Waals surface area contributed by atoms with Gasteiger partial charge < -0.3 is 15.2 Å². The Morgan fingerprint density at radius 3 is 2.55 bits per heavy atom. The highest BCUT2D eigenvalue weighted by Gasteiger charge is 2.30. The maximum Gasteiger partial charge on any atom is 0.416 e. The Kier molecular flexibility index (Phi) is 7.75. The fourth-order valence-electron chi connectivity index (χ4n) is 3.02. The average Bonchev–Trinajstić information content (AvgIpc) is 3.17. The lowest BCUT2D eigenvalue weighted by Crippen LogP contribution is -2.25. The molecule has 7 nitrogen and oxygen atoms in total. The van der Waals surface area contributed by atoms with Crippen molar-refractivity contribution in [1.29, 1.82) is 0 Å². The van der Waals surface area contributed by atoms with Crippen molar-refractivity contribution in [2.24, 2.45) is 0 Å². The van der Waals surface area contributed by atoms with Gasteiger partial charge >= 0.3 is 6.18 Å². The van der Waals surface area contributed by atoms with Gasteiger partial charge in [0.2, 0.25) is 5.91 Å². The molecule has 2 amide bonds. The molecule has 0 bridgehead atoms. The molecule has 2 N–H and O–H groups in total. The normalized spacial score (nSPS) is 11.3. The molecule has 0 spiro atoms. The van der Waals surface area contributed by atoms with E-state index in [2.05, 4.69) is 20.8 Å². The number of nitrogens with zero attached hydrogens (tertiary/aromatic N) is 3. The molecule has 0 saturated carbocycles. The molecule has 3 rings (SSSR count). The molecular formula is C22H22F3N5O2S. The maximum absolute atomic E-state index is 12.8. The van der Waals surface area contributed by atoms with E-state index in [4.69, 9.17) is 0 Å². The van der Waals surface area contributed by atoms with Crippen LogP contribution in [0.1, 0.15) is 34.2 Å². The summed E-state index contributed by atoms with van der Waals surface area (Å²) in [6.45, 7) is 4.45. The standard InChI is InChI=1S/C22H22F3N5O2S/c1-3-30-18(12-26-20(32)15-7-4-6-14(2)10-15)28-29-21(30)33-13-19(31)27-17-9-5-8-16(11-17)22(23,24)25/h4-11H,3,12-13H2,1-2H3,(H,26,32)(H,27,31). The molecule has 2 aromatic carbocycles. The van der Waals surface area contributed by atoms with Crippen molar-refractivity contribution < 1.29 is 22.8 Å². The van der Waals surface area contributed by atoms with Crippen molar-refractivity contribution in [3.8, 4) is 0 Å². The fourth-order valence-corrected chi connectivity index (χ4v) is 3.84. The third-order valence-electron chi connectivity index (χ3n) is 4.60. The van der Waals surface area contributed by atoms with Crippen LogP contribution in [0.15, 0.2) is 53.7 Å². The number of amides is 2. The molecule has 0 saturated heterocycles. The van der Waals surface area contributed by atoms with Crippen molar-refractivity contribution in [2.45, 2.75) is 38.3 Å². The molecule has 174 valence electrons. The van der Waals surface area contributed by atoms with E-state index < -0.39 is 17.6 Å². The molecule has 33 heavy (non-hydrogen) atoms. The summed E-state index contributed by atoms with van der Waals surface area (Å²) in [5, 5.41) is 13.9. The molecular weight excluding hydrogens is 455 g/mol. The predicted octanol–water partition coefficient (Wildman–Crippen LogP) is 4.29. The SMILES string of the molecule is CCn1c(CNC(=O)c2cccc(C)c2)nnc1SCC(=O)Nc1cccc(C(F)(F)F)c1. The first kappa shape index (κ1) is 24.3. The summed E-state index contributed by atoms with van der Waals surface area (Å²) in [5.74, 6) is -0.248. The number of carbonyl (C=O) groups excluding carboxylic acids is 2. The van der Waals surface area contributed by atoms with Crippen LogP contribution >= 0.6 is 11.8 Å². The number of benzene rings is 2. The summed E-state index contributed by atoms with van der Waals surface area (Å²) in [6, 6.07) is 11.6. The van der Waals surface area contributed by atoms with E-state index >= 15 is 0 Å². The second-order valence-corrected chi connectivity index (χ2v) is 8.05. The van der Waals surface area contributed by atoms with Crippen molar-refractivity contribution in [3.63, 3.8) is 0 Å². The Labute approximate surface area is 192 Å². The Balaban J connectivity index is 1.57. The largest absolute Gasteiger partial charge is 0.416 e. The highest BCUT2D eigenvalue weighted by molar-refractivity contribution is 7.99. The van der Waals surface area contributed by atoms with Crippen LogP contribution in [0.25, 0.3) is 0 Å². The molecule has 0 aliphatic carbocycles. The Morgan fingerprint density at radius 1 is 1.09 bits per heavy atom. The number of aromatic nitrogens is 3. The van der Waals surface area contributed by atoms with Gasteiger partial charge in [-0.05, 0) is 44.2 Å². The van der Waals surface area contributed by atoms with Gasteiger partial charge in [0.1, 0.15) is 0 Å². The Bertz CT molecular complexity index is 1150. The maximum atomic E-state index is 12.8. The molecule has 0 unspecified atom stereocenters. The van der Waals surface area contributed by atoms with Gasteiger partial charge in [0, 0.05) is 17.8 Å². The number of hydrogen-bond acceptors (Lipinski definition) is 5. The van der Waals surface area contributed by atoms with Gasteiger partial charge in [-0.1, -0.05) is 35.5 Å². The minimum atomic E-state index is -4.49. The number of rotatable bonds is 8. The third-order valence-corrected chi connectivity index (χ3v) is 5.57. The average molecular weight is 478 g/mol. The molecule has 1 aromatic heterocycles. The first-order valence-corrected chi connectivity index (χ1v) is 11.0. The Hall–Kier alpha value is -3.34. The molecule has 0 aliphatic heterocycles. The lowest BCUT2D eigenvalue weighted by Gasteiger charge is -2.10.